The van der Waals surface area contributed by atoms with E-state index in [1.165, 1.54) is 6.20 Å². The highest BCUT2D eigenvalue weighted by Gasteiger charge is 2.19. The fourth-order valence-electron chi connectivity index (χ4n) is 1.99. The van der Waals surface area contributed by atoms with Gasteiger partial charge in [0.1, 0.15) is 11.5 Å². The molecule has 0 fully saturated rings. The highest BCUT2D eigenvalue weighted by molar-refractivity contribution is 5.92. The first-order valence-corrected chi connectivity index (χ1v) is 5.94. The monoisotopic (exact) mass is 260 g/mol. The van der Waals surface area contributed by atoms with Crippen LogP contribution < -0.4 is 11.1 Å². The number of rotatable bonds is 3. The van der Waals surface area contributed by atoms with E-state index in [-0.39, 0.29) is 11.9 Å². The van der Waals surface area contributed by atoms with Gasteiger partial charge in [0, 0.05) is 5.56 Å². The van der Waals surface area contributed by atoms with E-state index in [1.807, 2.05) is 20.8 Å². The number of nitrogens with zero attached hydrogens (tertiary/aromatic N) is 2. The standard InChI is InChI=1S/C13H16N4O2/c1-7(12-8(2)17-19-9(12)3)16-13(18)11-5-4-10(14)6-15-11/h4-7H,14H2,1-3H3,(H,16,18). The first kappa shape index (κ1) is 13.1. The van der Waals surface area contributed by atoms with Gasteiger partial charge >= 0.3 is 0 Å². The molecule has 0 radical (unpaired) electrons. The lowest BCUT2D eigenvalue weighted by molar-refractivity contribution is 0.0934. The van der Waals surface area contributed by atoms with Crippen molar-refractivity contribution in [3.63, 3.8) is 0 Å². The molecule has 0 bridgehead atoms. The van der Waals surface area contributed by atoms with Crippen molar-refractivity contribution in [3.8, 4) is 0 Å². The van der Waals surface area contributed by atoms with Crippen LogP contribution in [0.2, 0.25) is 0 Å². The average molecular weight is 260 g/mol. The molecular formula is C13H16N4O2. The highest BCUT2D eigenvalue weighted by atomic mass is 16.5. The smallest absolute Gasteiger partial charge is 0.270 e. The quantitative estimate of drug-likeness (QED) is 0.876. The first-order chi connectivity index (χ1) is 8.99. The number of nitrogen functional groups attached to an aromatic ring is 1. The molecule has 1 atom stereocenters. The summed E-state index contributed by atoms with van der Waals surface area (Å²) in [6.07, 6.45) is 1.45. The van der Waals surface area contributed by atoms with Crippen LogP contribution in [0.1, 0.15) is 40.5 Å². The third-order valence-corrected chi connectivity index (χ3v) is 2.89. The van der Waals surface area contributed by atoms with Crippen LogP contribution in [0.15, 0.2) is 22.9 Å². The minimum Gasteiger partial charge on any atom is -0.397 e. The van der Waals surface area contributed by atoms with Crippen LogP contribution in [0, 0.1) is 13.8 Å². The number of nitrogens with one attached hydrogen (secondary N) is 1. The Morgan fingerprint density at radius 2 is 2.16 bits per heavy atom. The van der Waals surface area contributed by atoms with Crippen molar-refractivity contribution in [3.05, 3.63) is 41.0 Å². The summed E-state index contributed by atoms with van der Waals surface area (Å²) < 4.78 is 5.09. The summed E-state index contributed by atoms with van der Waals surface area (Å²) in [5.41, 5.74) is 8.05. The molecule has 100 valence electrons. The molecule has 2 heterocycles. The molecule has 1 unspecified atom stereocenters. The number of anilines is 1. The van der Waals surface area contributed by atoms with Crippen LogP contribution in [-0.2, 0) is 0 Å². The first-order valence-electron chi connectivity index (χ1n) is 5.94. The predicted octanol–water partition coefficient (Wildman–Crippen LogP) is 1.76. The number of hydrogen-bond donors (Lipinski definition) is 2. The van der Waals surface area contributed by atoms with Gasteiger partial charge in [0.05, 0.1) is 23.6 Å². The second-order valence-electron chi connectivity index (χ2n) is 4.41. The van der Waals surface area contributed by atoms with Crippen molar-refractivity contribution >= 4 is 11.6 Å². The highest BCUT2D eigenvalue weighted by Crippen LogP contribution is 2.21. The van der Waals surface area contributed by atoms with Gasteiger partial charge in [0.2, 0.25) is 0 Å². The molecule has 2 rings (SSSR count). The summed E-state index contributed by atoms with van der Waals surface area (Å²) in [6.45, 7) is 5.54. The second-order valence-corrected chi connectivity index (χ2v) is 4.41. The summed E-state index contributed by atoms with van der Waals surface area (Å²) in [5, 5.41) is 6.73. The van der Waals surface area contributed by atoms with Gasteiger partial charge in [-0.2, -0.15) is 0 Å². The van der Waals surface area contributed by atoms with Crippen LogP contribution in [0.3, 0.4) is 0 Å². The topological polar surface area (TPSA) is 94.0 Å². The maximum absolute atomic E-state index is 12.0. The van der Waals surface area contributed by atoms with Crippen LogP contribution in [0.4, 0.5) is 5.69 Å². The Bertz CT molecular complexity index is 570. The van der Waals surface area contributed by atoms with Crippen molar-refractivity contribution < 1.29 is 9.32 Å². The summed E-state index contributed by atoms with van der Waals surface area (Å²) in [7, 11) is 0. The minimum absolute atomic E-state index is 0.196. The van der Waals surface area contributed by atoms with E-state index in [0.717, 1.165) is 11.3 Å². The Kier molecular flexibility index (Phi) is 3.50. The van der Waals surface area contributed by atoms with E-state index in [2.05, 4.69) is 15.5 Å². The summed E-state index contributed by atoms with van der Waals surface area (Å²) in [4.78, 5) is 16.0. The van der Waals surface area contributed by atoms with Crippen molar-refractivity contribution in [2.75, 3.05) is 5.73 Å². The van der Waals surface area contributed by atoms with Crippen LogP contribution in [0.5, 0.6) is 0 Å². The Morgan fingerprint density at radius 1 is 1.42 bits per heavy atom. The van der Waals surface area contributed by atoms with E-state index in [0.29, 0.717) is 17.1 Å². The molecule has 0 saturated carbocycles. The number of pyridine rings is 1. The lowest BCUT2D eigenvalue weighted by Crippen LogP contribution is -2.28. The Morgan fingerprint density at radius 3 is 2.68 bits per heavy atom. The van der Waals surface area contributed by atoms with Gasteiger partial charge < -0.3 is 15.6 Å². The molecule has 0 spiro atoms. The minimum atomic E-state index is -0.257. The molecule has 0 aliphatic carbocycles. The summed E-state index contributed by atoms with van der Waals surface area (Å²) in [6, 6.07) is 3.03. The zero-order valence-corrected chi connectivity index (χ0v) is 11.1. The maximum atomic E-state index is 12.0. The molecule has 0 saturated heterocycles. The van der Waals surface area contributed by atoms with Gasteiger partial charge in [-0.05, 0) is 32.9 Å². The Labute approximate surface area is 111 Å². The summed E-state index contributed by atoms with van der Waals surface area (Å²) in [5.74, 6) is 0.447. The van der Waals surface area contributed by atoms with Crippen molar-refractivity contribution in [2.24, 2.45) is 0 Å². The number of hydrogen-bond acceptors (Lipinski definition) is 5. The molecule has 2 aromatic rings. The zero-order valence-electron chi connectivity index (χ0n) is 11.1. The predicted molar refractivity (Wildman–Crippen MR) is 70.5 cm³/mol. The number of nitrogens with two attached hydrogens (primary N) is 1. The molecule has 19 heavy (non-hydrogen) atoms. The normalized spacial score (nSPS) is 12.2. The maximum Gasteiger partial charge on any atom is 0.270 e. The third kappa shape index (κ3) is 2.73. The zero-order chi connectivity index (χ0) is 14.0. The number of aryl methyl sites for hydroxylation is 2. The summed E-state index contributed by atoms with van der Waals surface area (Å²) >= 11 is 0. The number of amides is 1. The van der Waals surface area contributed by atoms with Crippen LogP contribution >= 0.6 is 0 Å². The lowest BCUT2D eigenvalue weighted by atomic mass is 10.1. The van der Waals surface area contributed by atoms with Crippen LogP contribution in [-0.4, -0.2) is 16.0 Å². The van der Waals surface area contributed by atoms with Gasteiger partial charge in [-0.3, -0.25) is 4.79 Å². The molecule has 0 aromatic carbocycles. The van der Waals surface area contributed by atoms with E-state index in [4.69, 9.17) is 10.3 Å². The number of carbonyl (C=O) groups excluding carboxylic acids is 1. The molecule has 6 nitrogen and oxygen atoms in total. The van der Waals surface area contributed by atoms with Crippen LogP contribution in [0.25, 0.3) is 0 Å². The molecule has 1 amide bonds. The Balaban J connectivity index is 2.13. The van der Waals surface area contributed by atoms with Gasteiger partial charge in [0.25, 0.3) is 5.91 Å². The molecule has 6 heteroatoms. The second kappa shape index (κ2) is 5.09. The molecular weight excluding hydrogens is 244 g/mol. The van der Waals surface area contributed by atoms with Gasteiger partial charge in [-0.1, -0.05) is 5.16 Å². The van der Waals surface area contributed by atoms with E-state index in [1.54, 1.807) is 12.1 Å². The van der Waals surface area contributed by atoms with Gasteiger partial charge in [0.15, 0.2) is 0 Å². The molecule has 3 N–H and O–H groups in total. The lowest BCUT2D eigenvalue weighted by Gasteiger charge is -2.13. The van der Waals surface area contributed by atoms with Gasteiger partial charge in [-0.15, -0.1) is 0 Å². The molecule has 0 aliphatic rings. The largest absolute Gasteiger partial charge is 0.397 e. The average Bonchev–Trinajstić information content (AvgIpc) is 2.69. The third-order valence-electron chi connectivity index (χ3n) is 2.89. The molecule has 0 aliphatic heterocycles. The van der Waals surface area contributed by atoms with Crippen molar-refractivity contribution in [2.45, 2.75) is 26.8 Å². The molecule has 2 aromatic heterocycles. The number of carbonyl (C=O) groups is 1. The number of aromatic nitrogens is 2. The van der Waals surface area contributed by atoms with E-state index >= 15 is 0 Å². The fraction of sp³-hybridized carbons (Fsp3) is 0.308. The van der Waals surface area contributed by atoms with Crippen molar-refractivity contribution in [1.29, 1.82) is 0 Å². The van der Waals surface area contributed by atoms with E-state index < -0.39 is 0 Å². The SMILES string of the molecule is Cc1noc(C)c1C(C)NC(=O)c1ccc(N)cn1. The van der Waals surface area contributed by atoms with E-state index in [9.17, 15) is 4.79 Å². The van der Waals surface area contributed by atoms with Crippen molar-refractivity contribution in [1.82, 2.24) is 15.5 Å². The Hall–Kier alpha value is -2.37. The van der Waals surface area contributed by atoms with Gasteiger partial charge in [-0.25, -0.2) is 4.98 Å². The fourth-order valence-corrected chi connectivity index (χ4v) is 1.99.